The number of hydrogen-bond donors (Lipinski definition) is 3. The average Bonchev–Trinajstić information content (AvgIpc) is 2.47. The molecule has 1 amide bonds. The lowest BCUT2D eigenvalue weighted by atomic mass is 10.0. The van der Waals surface area contributed by atoms with Crippen molar-refractivity contribution >= 4 is 11.9 Å². The van der Waals surface area contributed by atoms with Crippen LogP contribution < -0.4 is 10.1 Å². The van der Waals surface area contributed by atoms with Crippen LogP contribution in [0, 0.1) is 6.92 Å². The maximum atomic E-state index is 11.7. The van der Waals surface area contributed by atoms with E-state index in [1.54, 1.807) is 0 Å². The molecular weight excluding hydrogens is 286 g/mol. The minimum atomic E-state index is -1.24. The van der Waals surface area contributed by atoms with E-state index in [1.807, 2.05) is 32.0 Å². The van der Waals surface area contributed by atoms with Crippen molar-refractivity contribution in [1.29, 1.82) is 0 Å². The van der Waals surface area contributed by atoms with Gasteiger partial charge in [0, 0.05) is 6.42 Å². The number of aryl methyl sites for hydroxylation is 2. The summed E-state index contributed by atoms with van der Waals surface area (Å²) < 4.78 is 5.55. The molecule has 0 aliphatic rings. The van der Waals surface area contributed by atoms with Gasteiger partial charge in [-0.1, -0.05) is 17.7 Å². The smallest absolute Gasteiger partial charge is 0.328 e. The highest BCUT2D eigenvalue weighted by Crippen LogP contribution is 2.22. The van der Waals surface area contributed by atoms with Crippen LogP contribution in [0.4, 0.5) is 0 Å². The summed E-state index contributed by atoms with van der Waals surface area (Å²) in [5.74, 6) is -0.812. The normalized spacial score (nSPS) is 11.8. The predicted octanol–water partition coefficient (Wildman–Crippen LogP) is 1.28. The Kier molecular flexibility index (Phi) is 7.39. The first-order valence-electron chi connectivity index (χ1n) is 7.33. The number of carboxylic acid groups (broad SMARTS) is 1. The molecule has 1 unspecified atom stereocenters. The van der Waals surface area contributed by atoms with E-state index in [9.17, 15) is 9.59 Å². The van der Waals surface area contributed by atoms with Crippen molar-refractivity contribution in [3.8, 4) is 5.75 Å². The SMILES string of the molecule is CCOc1ccc(C)cc1CCCC(=O)NC(CO)C(=O)O. The van der Waals surface area contributed by atoms with Crippen molar-refractivity contribution < 1.29 is 24.5 Å². The number of ether oxygens (including phenoxy) is 1. The lowest BCUT2D eigenvalue weighted by Gasteiger charge is -2.13. The van der Waals surface area contributed by atoms with Crippen LogP contribution in [0.15, 0.2) is 18.2 Å². The number of carbonyl (C=O) groups excluding carboxylic acids is 1. The lowest BCUT2D eigenvalue weighted by Crippen LogP contribution is -2.43. The minimum Gasteiger partial charge on any atom is -0.494 e. The van der Waals surface area contributed by atoms with Gasteiger partial charge in [-0.25, -0.2) is 4.79 Å². The molecule has 0 spiro atoms. The van der Waals surface area contributed by atoms with E-state index < -0.39 is 18.6 Å². The van der Waals surface area contributed by atoms with Crippen LogP contribution in [0.2, 0.25) is 0 Å². The summed E-state index contributed by atoms with van der Waals surface area (Å²) in [5.41, 5.74) is 2.15. The molecule has 0 fully saturated rings. The van der Waals surface area contributed by atoms with Crippen molar-refractivity contribution in [2.24, 2.45) is 0 Å². The summed E-state index contributed by atoms with van der Waals surface area (Å²) in [5, 5.41) is 19.9. The van der Waals surface area contributed by atoms with Gasteiger partial charge in [0.1, 0.15) is 11.8 Å². The summed E-state index contributed by atoms with van der Waals surface area (Å²) in [4.78, 5) is 22.4. The fraction of sp³-hybridized carbons (Fsp3) is 0.500. The van der Waals surface area contributed by atoms with Gasteiger partial charge in [0.15, 0.2) is 0 Å². The Morgan fingerprint density at radius 2 is 2.09 bits per heavy atom. The first kappa shape index (κ1) is 18.0. The van der Waals surface area contributed by atoms with E-state index in [2.05, 4.69) is 5.32 Å². The number of amides is 1. The number of aliphatic hydroxyl groups is 1. The second-order valence-corrected chi connectivity index (χ2v) is 5.04. The first-order chi connectivity index (χ1) is 10.5. The Labute approximate surface area is 130 Å². The fourth-order valence-electron chi connectivity index (χ4n) is 2.09. The van der Waals surface area contributed by atoms with Crippen molar-refractivity contribution in [1.82, 2.24) is 5.32 Å². The summed E-state index contributed by atoms with van der Waals surface area (Å²) in [7, 11) is 0. The quantitative estimate of drug-likeness (QED) is 0.638. The monoisotopic (exact) mass is 309 g/mol. The fourth-order valence-corrected chi connectivity index (χ4v) is 2.09. The number of aliphatic hydroxyl groups excluding tert-OH is 1. The molecule has 0 heterocycles. The topological polar surface area (TPSA) is 95.9 Å². The zero-order valence-corrected chi connectivity index (χ0v) is 13.0. The molecule has 0 aliphatic carbocycles. The molecule has 1 atom stereocenters. The van der Waals surface area contributed by atoms with Gasteiger partial charge in [-0.3, -0.25) is 4.79 Å². The van der Waals surface area contributed by atoms with Crippen molar-refractivity contribution in [3.63, 3.8) is 0 Å². The number of hydrogen-bond acceptors (Lipinski definition) is 4. The Hall–Kier alpha value is -2.08. The minimum absolute atomic E-state index is 0.198. The molecule has 3 N–H and O–H groups in total. The molecule has 1 aromatic rings. The van der Waals surface area contributed by atoms with Crippen molar-refractivity contribution in [2.45, 2.75) is 39.2 Å². The third kappa shape index (κ3) is 5.73. The average molecular weight is 309 g/mol. The standard InChI is InChI=1S/C16H23NO5/c1-3-22-14-8-7-11(2)9-12(14)5-4-6-15(19)17-13(10-18)16(20)21/h7-9,13,18H,3-6,10H2,1-2H3,(H,17,19)(H,20,21). The molecule has 0 radical (unpaired) electrons. The number of aliphatic carboxylic acids is 1. The molecule has 1 aromatic carbocycles. The Morgan fingerprint density at radius 1 is 1.36 bits per heavy atom. The highest BCUT2D eigenvalue weighted by molar-refractivity contribution is 5.83. The van der Waals surface area contributed by atoms with Crippen LogP contribution in [0.1, 0.15) is 30.9 Å². The van der Waals surface area contributed by atoms with E-state index in [0.717, 1.165) is 16.9 Å². The zero-order valence-electron chi connectivity index (χ0n) is 13.0. The number of carbonyl (C=O) groups is 2. The Bertz CT molecular complexity index is 515. The third-order valence-corrected chi connectivity index (χ3v) is 3.18. The summed E-state index contributed by atoms with van der Waals surface area (Å²) in [6.45, 7) is 3.86. The summed E-state index contributed by atoms with van der Waals surface area (Å²) in [6, 6.07) is 4.67. The lowest BCUT2D eigenvalue weighted by molar-refractivity contribution is -0.142. The molecule has 0 aromatic heterocycles. The molecule has 6 nitrogen and oxygen atoms in total. The molecule has 1 rings (SSSR count). The van der Waals surface area contributed by atoms with Crippen LogP contribution in [0.5, 0.6) is 5.75 Å². The van der Waals surface area contributed by atoms with Crippen molar-refractivity contribution in [2.75, 3.05) is 13.2 Å². The molecule has 122 valence electrons. The number of rotatable bonds is 9. The second-order valence-electron chi connectivity index (χ2n) is 5.04. The summed E-state index contributed by atoms with van der Waals surface area (Å²) in [6.07, 6.45) is 1.44. The van der Waals surface area contributed by atoms with E-state index in [4.69, 9.17) is 14.9 Å². The van der Waals surface area contributed by atoms with Gasteiger partial charge in [0.25, 0.3) is 0 Å². The molecule has 0 aliphatic heterocycles. The van der Waals surface area contributed by atoms with E-state index in [-0.39, 0.29) is 12.3 Å². The van der Waals surface area contributed by atoms with Gasteiger partial charge in [-0.15, -0.1) is 0 Å². The van der Waals surface area contributed by atoms with Gasteiger partial charge >= 0.3 is 5.97 Å². The van der Waals surface area contributed by atoms with Crippen LogP contribution in [-0.4, -0.2) is 41.3 Å². The third-order valence-electron chi connectivity index (χ3n) is 3.18. The van der Waals surface area contributed by atoms with E-state index >= 15 is 0 Å². The maximum Gasteiger partial charge on any atom is 0.328 e. The van der Waals surface area contributed by atoms with Gasteiger partial charge in [0.2, 0.25) is 5.91 Å². The second kappa shape index (κ2) is 9.04. The Balaban J connectivity index is 2.51. The van der Waals surface area contributed by atoms with Crippen molar-refractivity contribution in [3.05, 3.63) is 29.3 Å². The summed E-state index contributed by atoms with van der Waals surface area (Å²) >= 11 is 0. The van der Waals surface area contributed by atoms with E-state index in [1.165, 1.54) is 0 Å². The van der Waals surface area contributed by atoms with Gasteiger partial charge < -0.3 is 20.3 Å². The number of carboxylic acids is 1. The largest absolute Gasteiger partial charge is 0.494 e. The highest BCUT2D eigenvalue weighted by Gasteiger charge is 2.18. The first-order valence-corrected chi connectivity index (χ1v) is 7.33. The Morgan fingerprint density at radius 3 is 2.68 bits per heavy atom. The zero-order chi connectivity index (χ0) is 16.5. The molecule has 0 bridgehead atoms. The molecule has 0 saturated carbocycles. The van der Waals surface area contributed by atoms with Crippen LogP contribution >= 0.6 is 0 Å². The van der Waals surface area contributed by atoms with Gasteiger partial charge in [-0.05, 0) is 38.3 Å². The van der Waals surface area contributed by atoms with Gasteiger partial charge in [-0.2, -0.15) is 0 Å². The van der Waals surface area contributed by atoms with Gasteiger partial charge in [0.05, 0.1) is 13.2 Å². The van der Waals surface area contributed by atoms with Crippen LogP contribution in [0.3, 0.4) is 0 Å². The number of nitrogens with one attached hydrogen (secondary N) is 1. The highest BCUT2D eigenvalue weighted by atomic mass is 16.5. The van der Waals surface area contributed by atoms with Crippen LogP contribution in [-0.2, 0) is 16.0 Å². The molecular formula is C16H23NO5. The molecule has 0 saturated heterocycles. The number of benzene rings is 1. The predicted molar refractivity (Wildman–Crippen MR) is 81.9 cm³/mol. The van der Waals surface area contributed by atoms with E-state index in [0.29, 0.717) is 19.4 Å². The molecule has 6 heteroatoms. The molecule has 22 heavy (non-hydrogen) atoms. The van der Waals surface area contributed by atoms with Crippen LogP contribution in [0.25, 0.3) is 0 Å². The maximum absolute atomic E-state index is 11.7.